The Hall–Kier alpha value is -4.34. The van der Waals surface area contributed by atoms with Crippen molar-refractivity contribution in [1.82, 2.24) is 25.2 Å². The molecule has 1 saturated heterocycles. The molecule has 1 atom stereocenters. The second-order valence-electron chi connectivity index (χ2n) is 7.90. The second kappa shape index (κ2) is 7.97. The molecule has 166 valence electrons. The van der Waals surface area contributed by atoms with Crippen LogP contribution in [0.2, 0.25) is 0 Å². The molecule has 0 bridgehead atoms. The summed E-state index contributed by atoms with van der Waals surface area (Å²) in [7, 11) is 0. The third-order valence-corrected chi connectivity index (χ3v) is 5.64. The molecule has 1 N–H and O–H groups in total. The van der Waals surface area contributed by atoms with Gasteiger partial charge in [-0.3, -0.25) is 29.4 Å². The zero-order chi connectivity index (χ0) is 23.1. The van der Waals surface area contributed by atoms with Crippen molar-refractivity contribution >= 4 is 23.6 Å². The summed E-state index contributed by atoms with van der Waals surface area (Å²) in [6.07, 6.45) is 1.87. The van der Waals surface area contributed by atoms with E-state index in [1.807, 2.05) is 31.2 Å². The van der Waals surface area contributed by atoms with E-state index < -0.39 is 29.7 Å². The maximum Gasteiger partial charge on any atom is 0.266 e. The molecule has 3 heterocycles. The Balaban J connectivity index is 1.35. The van der Waals surface area contributed by atoms with Gasteiger partial charge in [0.05, 0.1) is 23.0 Å². The lowest BCUT2D eigenvalue weighted by atomic mass is 10.0. The van der Waals surface area contributed by atoms with Crippen molar-refractivity contribution in [2.24, 2.45) is 0 Å². The van der Waals surface area contributed by atoms with Crippen LogP contribution >= 0.6 is 0 Å². The van der Waals surface area contributed by atoms with Gasteiger partial charge in [-0.15, -0.1) is 5.10 Å². The molecule has 0 saturated carbocycles. The van der Waals surface area contributed by atoms with Crippen LogP contribution in [-0.4, -0.2) is 49.6 Å². The Labute approximate surface area is 188 Å². The average Bonchev–Trinajstić information content (AvgIpc) is 3.37. The molecule has 0 aliphatic carbocycles. The van der Waals surface area contributed by atoms with Gasteiger partial charge in [-0.2, -0.15) is 0 Å². The minimum absolute atomic E-state index is 0.0300. The van der Waals surface area contributed by atoms with Crippen LogP contribution in [0.25, 0.3) is 5.69 Å². The molecule has 1 unspecified atom stereocenters. The van der Waals surface area contributed by atoms with E-state index >= 15 is 0 Å². The standard InChI is InChI=1S/C23H19N5O5/c1-13-5-7-15(8-6-13)27-11-14(25-26-27)12-33-18-4-2-3-16-20(18)23(32)28(22(16)31)17-9-10-19(29)24-21(17)30/h2-8,11,17H,9-10,12H2,1H3,(H,24,29,30). The largest absolute Gasteiger partial charge is 0.486 e. The van der Waals surface area contributed by atoms with Crippen LogP contribution in [0.5, 0.6) is 5.75 Å². The third kappa shape index (κ3) is 3.65. The summed E-state index contributed by atoms with van der Waals surface area (Å²) in [4.78, 5) is 50.6. The molecule has 10 heteroatoms. The highest BCUT2D eigenvalue weighted by Gasteiger charge is 2.46. The molecule has 5 rings (SSSR count). The first-order chi connectivity index (χ1) is 15.9. The van der Waals surface area contributed by atoms with E-state index in [-0.39, 0.29) is 36.3 Å². The van der Waals surface area contributed by atoms with Gasteiger partial charge in [0.2, 0.25) is 11.8 Å². The van der Waals surface area contributed by atoms with Crippen molar-refractivity contribution in [1.29, 1.82) is 0 Å². The molecule has 2 aromatic carbocycles. The second-order valence-corrected chi connectivity index (χ2v) is 7.90. The average molecular weight is 445 g/mol. The molecule has 4 amide bonds. The number of fused-ring (bicyclic) bond motifs is 1. The van der Waals surface area contributed by atoms with E-state index in [1.165, 1.54) is 6.07 Å². The number of carbonyl (C=O) groups excluding carboxylic acids is 4. The Bertz CT molecular complexity index is 1300. The summed E-state index contributed by atoms with van der Waals surface area (Å²) in [6, 6.07) is 11.5. The number of aromatic nitrogens is 3. The molecular formula is C23H19N5O5. The van der Waals surface area contributed by atoms with Crippen LogP contribution in [0, 0.1) is 6.92 Å². The first-order valence-corrected chi connectivity index (χ1v) is 10.4. The SMILES string of the molecule is Cc1ccc(-n2cc(COc3cccc4c3C(=O)N(C3CCC(=O)NC3=O)C4=O)nn2)cc1. The number of aryl methyl sites for hydroxylation is 1. The number of nitrogens with zero attached hydrogens (tertiary/aromatic N) is 4. The van der Waals surface area contributed by atoms with E-state index in [9.17, 15) is 19.2 Å². The molecule has 33 heavy (non-hydrogen) atoms. The molecule has 0 radical (unpaired) electrons. The highest BCUT2D eigenvalue weighted by molar-refractivity contribution is 6.24. The summed E-state index contributed by atoms with van der Waals surface area (Å²) >= 11 is 0. The molecular weight excluding hydrogens is 426 g/mol. The minimum Gasteiger partial charge on any atom is -0.486 e. The Morgan fingerprint density at radius 2 is 1.85 bits per heavy atom. The number of imide groups is 2. The Kier molecular flexibility index (Phi) is 4.97. The van der Waals surface area contributed by atoms with Crippen molar-refractivity contribution in [2.75, 3.05) is 0 Å². The van der Waals surface area contributed by atoms with Crippen LogP contribution < -0.4 is 10.1 Å². The smallest absolute Gasteiger partial charge is 0.266 e. The molecule has 3 aromatic rings. The van der Waals surface area contributed by atoms with E-state index in [4.69, 9.17) is 4.74 Å². The lowest BCUT2D eigenvalue weighted by molar-refractivity contribution is -0.136. The number of hydrogen-bond acceptors (Lipinski definition) is 7. The molecule has 0 spiro atoms. The van der Waals surface area contributed by atoms with Crippen molar-refractivity contribution in [3.05, 3.63) is 71.0 Å². The van der Waals surface area contributed by atoms with E-state index in [2.05, 4.69) is 15.6 Å². The number of hydrogen-bond donors (Lipinski definition) is 1. The zero-order valence-electron chi connectivity index (χ0n) is 17.6. The van der Waals surface area contributed by atoms with Crippen LogP contribution in [0.15, 0.2) is 48.7 Å². The van der Waals surface area contributed by atoms with Crippen LogP contribution in [0.1, 0.15) is 44.8 Å². The van der Waals surface area contributed by atoms with Crippen molar-refractivity contribution in [2.45, 2.75) is 32.4 Å². The first-order valence-electron chi connectivity index (χ1n) is 10.4. The maximum atomic E-state index is 13.1. The summed E-state index contributed by atoms with van der Waals surface area (Å²) in [5.41, 5.74) is 2.77. The van der Waals surface area contributed by atoms with Crippen molar-refractivity contribution in [3.8, 4) is 11.4 Å². The number of ether oxygens (including phenoxy) is 1. The number of carbonyl (C=O) groups is 4. The monoisotopic (exact) mass is 445 g/mol. The highest BCUT2D eigenvalue weighted by Crippen LogP contribution is 2.33. The molecule has 1 aromatic heterocycles. The fraction of sp³-hybridized carbons (Fsp3) is 0.217. The van der Waals surface area contributed by atoms with Gasteiger partial charge in [0.15, 0.2) is 0 Å². The highest BCUT2D eigenvalue weighted by atomic mass is 16.5. The Morgan fingerprint density at radius 1 is 1.06 bits per heavy atom. The Morgan fingerprint density at radius 3 is 2.61 bits per heavy atom. The van der Waals surface area contributed by atoms with E-state index in [1.54, 1.807) is 23.0 Å². The van der Waals surface area contributed by atoms with Crippen LogP contribution in [-0.2, 0) is 16.2 Å². The molecule has 1 fully saturated rings. The predicted molar refractivity (Wildman–Crippen MR) is 114 cm³/mol. The normalized spacial score (nSPS) is 17.8. The van der Waals surface area contributed by atoms with Gasteiger partial charge in [0.25, 0.3) is 11.8 Å². The lowest BCUT2D eigenvalue weighted by Crippen LogP contribution is -2.54. The minimum atomic E-state index is -1.03. The number of rotatable bonds is 5. The maximum absolute atomic E-state index is 13.1. The van der Waals surface area contributed by atoms with Crippen molar-refractivity contribution < 1.29 is 23.9 Å². The van der Waals surface area contributed by atoms with Gasteiger partial charge in [-0.1, -0.05) is 29.0 Å². The molecule has 2 aliphatic heterocycles. The summed E-state index contributed by atoms with van der Waals surface area (Å²) in [5.74, 6) is -2.07. The van der Waals surface area contributed by atoms with Gasteiger partial charge in [-0.05, 0) is 37.6 Å². The van der Waals surface area contributed by atoms with E-state index in [0.29, 0.717) is 5.69 Å². The fourth-order valence-corrected chi connectivity index (χ4v) is 3.94. The quantitative estimate of drug-likeness (QED) is 0.591. The van der Waals surface area contributed by atoms with Gasteiger partial charge in [0, 0.05) is 6.42 Å². The summed E-state index contributed by atoms with van der Waals surface area (Å²) < 4.78 is 7.45. The van der Waals surface area contributed by atoms with Crippen LogP contribution in [0.3, 0.4) is 0 Å². The lowest BCUT2D eigenvalue weighted by Gasteiger charge is -2.27. The topological polar surface area (TPSA) is 123 Å². The number of nitrogens with one attached hydrogen (secondary N) is 1. The van der Waals surface area contributed by atoms with Gasteiger partial charge in [0.1, 0.15) is 24.1 Å². The third-order valence-electron chi connectivity index (χ3n) is 5.64. The number of benzene rings is 2. The fourth-order valence-electron chi connectivity index (χ4n) is 3.94. The van der Waals surface area contributed by atoms with Gasteiger partial charge in [-0.25, -0.2) is 4.68 Å². The predicted octanol–water partition coefficient (Wildman–Crippen LogP) is 1.56. The zero-order valence-corrected chi connectivity index (χ0v) is 17.6. The van der Waals surface area contributed by atoms with Gasteiger partial charge >= 0.3 is 0 Å². The summed E-state index contributed by atoms with van der Waals surface area (Å²) in [6.45, 7) is 2.03. The first kappa shape index (κ1) is 20.6. The number of amides is 4. The van der Waals surface area contributed by atoms with Gasteiger partial charge < -0.3 is 4.74 Å². The molecule has 2 aliphatic rings. The molecule has 10 nitrogen and oxygen atoms in total. The number of piperidine rings is 1. The van der Waals surface area contributed by atoms with Crippen molar-refractivity contribution in [3.63, 3.8) is 0 Å². The van der Waals surface area contributed by atoms with Crippen LogP contribution in [0.4, 0.5) is 0 Å². The van der Waals surface area contributed by atoms with E-state index in [0.717, 1.165) is 16.2 Å². The summed E-state index contributed by atoms with van der Waals surface area (Å²) in [5, 5.41) is 10.4.